The zero-order chi connectivity index (χ0) is 18.8. The molecule has 4 rings (SSSR count). The van der Waals surface area contributed by atoms with Crippen molar-refractivity contribution in [1.29, 1.82) is 0 Å². The number of rotatable bonds is 5. The Morgan fingerprint density at radius 2 is 1.70 bits per heavy atom. The molecule has 0 radical (unpaired) electrons. The molecule has 1 heterocycles. The molecule has 3 nitrogen and oxygen atoms in total. The molecule has 4 aromatic rings. The Morgan fingerprint density at radius 3 is 2.52 bits per heavy atom. The van der Waals surface area contributed by atoms with E-state index in [1.165, 1.54) is 10.9 Å². The molecule has 0 bridgehead atoms. The van der Waals surface area contributed by atoms with Crippen LogP contribution in [0.3, 0.4) is 0 Å². The average molecular weight is 355 g/mol. The zero-order valence-corrected chi connectivity index (χ0v) is 15.5. The lowest BCUT2D eigenvalue weighted by Crippen LogP contribution is -1.96. The molecule has 134 valence electrons. The fourth-order valence-electron chi connectivity index (χ4n) is 3.61. The lowest BCUT2D eigenvalue weighted by atomic mass is 10.0. The molecule has 0 N–H and O–H groups in total. The van der Waals surface area contributed by atoms with E-state index in [0.29, 0.717) is 5.56 Å². The van der Waals surface area contributed by atoms with Gasteiger partial charge in [-0.3, -0.25) is 4.79 Å². The van der Waals surface area contributed by atoms with Crippen LogP contribution in [0, 0.1) is 0 Å². The smallest absolute Gasteiger partial charge is 0.185 e. The average Bonchev–Trinajstić information content (AvgIpc) is 3.05. The van der Waals surface area contributed by atoms with Crippen molar-refractivity contribution in [2.24, 2.45) is 0 Å². The van der Waals surface area contributed by atoms with Crippen LogP contribution in [0.5, 0.6) is 5.75 Å². The number of methoxy groups -OCH3 is 1. The van der Waals surface area contributed by atoms with Crippen LogP contribution in [-0.4, -0.2) is 17.5 Å². The van der Waals surface area contributed by atoms with E-state index in [9.17, 15) is 4.79 Å². The van der Waals surface area contributed by atoms with E-state index in [1.807, 2.05) is 48.5 Å². The monoisotopic (exact) mass is 355 g/mol. The molecule has 3 heteroatoms. The maximum absolute atomic E-state index is 12.7. The summed E-state index contributed by atoms with van der Waals surface area (Å²) in [4.78, 5) is 12.7. The van der Waals surface area contributed by atoms with Gasteiger partial charge in [-0.05, 0) is 49.4 Å². The van der Waals surface area contributed by atoms with Crippen molar-refractivity contribution in [1.82, 2.24) is 4.57 Å². The number of allylic oxidation sites excluding steroid dienone is 1. The lowest BCUT2D eigenvalue weighted by molar-refractivity contribution is 0.104. The minimum Gasteiger partial charge on any atom is -0.496 e. The summed E-state index contributed by atoms with van der Waals surface area (Å²) in [5, 5.41) is 2.29. The SMILES string of the molecule is CCn1c2ccccc2c2cc(C(=O)C=Cc3ccccc3OC)ccc21. The molecule has 3 aromatic carbocycles. The number of aromatic nitrogens is 1. The van der Waals surface area contributed by atoms with Crippen LogP contribution in [0.2, 0.25) is 0 Å². The highest BCUT2D eigenvalue weighted by molar-refractivity contribution is 6.13. The Balaban J connectivity index is 1.75. The van der Waals surface area contributed by atoms with Crippen LogP contribution < -0.4 is 4.74 Å². The van der Waals surface area contributed by atoms with Crippen molar-refractivity contribution >= 4 is 33.7 Å². The quantitative estimate of drug-likeness (QED) is 0.339. The van der Waals surface area contributed by atoms with Gasteiger partial charge in [-0.2, -0.15) is 0 Å². The summed E-state index contributed by atoms with van der Waals surface area (Å²) in [5.74, 6) is 0.735. The van der Waals surface area contributed by atoms with Crippen molar-refractivity contribution in [2.45, 2.75) is 13.5 Å². The van der Waals surface area contributed by atoms with Gasteiger partial charge in [-0.15, -0.1) is 0 Å². The van der Waals surface area contributed by atoms with Crippen molar-refractivity contribution in [3.8, 4) is 5.75 Å². The van der Waals surface area contributed by atoms with Crippen LogP contribution in [0.15, 0.2) is 72.8 Å². The molecule has 0 spiro atoms. The lowest BCUT2D eigenvalue weighted by Gasteiger charge is -2.04. The number of hydrogen-bond donors (Lipinski definition) is 0. The molecule has 0 saturated heterocycles. The molecule has 0 aliphatic carbocycles. The summed E-state index contributed by atoms with van der Waals surface area (Å²) < 4.78 is 7.62. The molecular weight excluding hydrogens is 334 g/mol. The normalized spacial score (nSPS) is 11.5. The molecule has 1 aromatic heterocycles. The van der Waals surface area contributed by atoms with Gasteiger partial charge in [0.1, 0.15) is 5.75 Å². The Bertz CT molecular complexity index is 1170. The summed E-state index contributed by atoms with van der Waals surface area (Å²) in [6, 6.07) is 21.9. The highest BCUT2D eigenvalue weighted by Crippen LogP contribution is 2.30. The van der Waals surface area contributed by atoms with E-state index in [2.05, 4.69) is 29.7 Å². The third-order valence-corrected chi connectivity index (χ3v) is 4.93. The van der Waals surface area contributed by atoms with E-state index < -0.39 is 0 Å². The van der Waals surface area contributed by atoms with E-state index in [1.54, 1.807) is 19.3 Å². The third kappa shape index (κ3) is 3.02. The van der Waals surface area contributed by atoms with Crippen LogP contribution >= 0.6 is 0 Å². The second-order valence-corrected chi connectivity index (χ2v) is 6.43. The van der Waals surface area contributed by atoms with Gasteiger partial charge in [0.2, 0.25) is 0 Å². The Hall–Kier alpha value is -3.33. The van der Waals surface area contributed by atoms with Gasteiger partial charge in [0.25, 0.3) is 0 Å². The topological polar surface area (TPSA) is 31.2 Å². The number of ketones is 1. The van der Waals surface area contributed by atoms with Crippen molar-refractivity contribution in [2.75, 3.05) is 7.11 Å². The van der Waals surface area contributed by atoms with Crippen molar-refractivity contribution in [3.05, 3.63) is 83.9 Å². The van der Waals surface area contributed by atoms with Gasteiger partial charge < -0.3 is 9.30 Å². The Kier molecular flexibility index (Phi) is 4.51. The number of benzene rings is 3. The van der Waals surface area contributed by atoms with Gasteiger partial charge >= 0.3 is 0 Å². The molecule has 0 fully saturated rings. The summed E-state index contributed by atoms with van der Waals surface area (Å²) in [7, 11) is 1.63. The maximum Gasteiger partial charge on any atom is 0.185 e. The fraction of sp³-hybridized carbons (Fsp3) is 0.125. The number of carbonyl (C=O) groups excluding carboxylic acids is 1. The van der Waals surface area contributed by atoms with Gasteiger partial charge in [-0.25, -0.2) is 0 Å². The number of fused-ring (bicyclic) bond motifs is 3. The number of hydrogen-bond acceptors (Lipinski definition) is 2. The van der Waals surface area contributed by atoms with Crippen LogP contribution in [0.1, 0.15) is 22.8 Å². The van der Waals surface area contributed by atoms with Crippen LogP contribution in [0.4, 0.5) is 0 Å². The highest BCUT2D eigenvalue weighted by Gasteiger charge is 2.11. The first-order chi connectivity index (χ1) is 13.2. The second-order valence-electron chi connectivity index (χ2n) is 6.43. The molecule has 0 aliphatic rings. The first-order valence-electron chi connectivity index (χ1n) is 9.09. The molecular formula is C24H21NO2. The standard InChI is InChI=1S/C24H21NO2/c1-3-25-21-10-6-5-9-19(21)20-16-18(12-14-22(20)25)23(26)15-13-17-8-4-7-11-24(17)27-2/h4-16H,3H2,1-2H3. The number of carbonyl (C=O) groups is 1. The second kappa shape index (κ2) is 7.12. The molecule has 0 unspecified atom stereocenters. The van der Waals surface area contributed by atoms with Gasteiger partial charge in [0, 0.05) is 39.5 Å². The van der Waals surface area contributed by atoms with Crippen LogP contribution in [0.25, 0.3) is 27.9 Å². The molecule has 0 saturated carbocycles. The number of aryl methyl sites for hydroxylation is 1. The summed E-state index contributed by atoms with van der Waals surface area (Å²) in [6.45, 7) is 3.03. The number of ether oxygens (including phenoxy) is 1. The first-order valence-corrected chi connectivity index (χ1v) is 9.09. The largest absolute Gasteiger partial charge is 0.496 e. The minimum atomic E-state index is -0.0175. The summed E-state index contributed by atoms with van der Waals surface area (Å²) in [6.07, 6.45) is 3.42. The maximum atomic E-state index is 12.7. The summed E-state index contributed by atoms with van der Waals surface area (Å²) >= 11 is 0. The van der Waals surface area contributed by atoms with Gasteiger partial charge in [0.15, 0.2) is 5.78 Å². The van der Waals surface area contributed by atoms with Gasteiger partial charge in [0.05, 0.1) is 7.11 Å². The molecule has 0 atom stereocenters. The van der Waals surface area contributed by atoms with Gasteiger partial charge in [-0.1, -0.05) is 36.4 Å². The van der Waals surface area contributed by atoms with Crippen molar-refractivity contribution < 1.29 is 9.53 Å². The molecule has 27 heavy (non-hydrogen) atoms. The third-order valence-electron chi connectivity index (χ3n) is 4.93. The first kappa shape index (κ1) is 17.1. The predicted octanol–water partition coefficient (Wildman–Crippen LogP) is 5.72. The minimum absolute atomic E-state index is 0.0175. The fourth-order valence-corrected chi connectivity index (χ4v) is 3.61. The van der Waals surface area contributed by atoms with E-state index in [4.69, 9.17) is 4.74 Å². The molecule has 0 amide bonds. The Labute approximate surface area is 158 Å². The van der Waals surface area contributed by atoms with Crippen LogP contribution in [-0.2, 0) is 6.54 Å². The predicted molar refractivity (Wildman–Crippen MR) is 111 cm³/mol. The number of nitrogens with zero attached hydrogens (tertiary/aromatic N) is 1. The Morgan fingerprint density at radius 1 is 0.963 bits per heavy atom. The zero-order valence-electron chi connectivity index (χ0n) is 15.5. The van der Waals surface area contributed by atoms with E-state index >= 15 is 0 Å². The summed E-state index contributed by atoms with van der Waals surface area (Å²) in [5.41, 5.74) is 3.93. The van der Waals surface area contributed by atoms with E-state index in [0.717, 1.165) is 28.8 Å². The number of para-hydroxylation sites is 2. The molecule has 0 aliphatic heterocycles. The van der Waals surface area contributed by atoms with E-state index in [-0.39, 0.29) is 5.78 Å². The highest BCUT2D eigenvalue weighted by atomic mass is 16.5. The van der Waals surface area contributed by atoms with Crippen molar-refractivity contribution in [3.63, 3.8) is 0 Å².